The highest BCUT2D eigenvalue weighted by atomic mass is 16.5. The number of rotatable bonds is 7. The number of cyclic esters (lactones) is 1. The van der Waals surface area contributed by atoms with Gasteiger partial charge >= 0.3 is 12.0 Å². The van der Waals surface area contributed by atoms with Gasteiger partial charge in [0.1, 0.15) is 24.7 Å². The molecule has 4 rings (SSSR count). The number of hydrogen-bond donors (Lipinski definition) is 2. The second-order valence-corrected chi connectivity index (χ2v) is 7.12. The van der Waals surface area contributed by atoms with E-state index in [0.29, 0.717) is 40.6 Å². The van der Waals surface area contributed by atoms with E-state index in [-0.39, 0.29) is 13.2 Å². The zero-order chi connectivity index (χ0) is 22.7. The maximum Gasteiger partial charge on any atom is 0.338 e. The van der Waals surface area contributed by atoms with Crippen LogP contribution in [-0.2, 0) is 14.3 Å². The van der Waals surface area contributed by atoms with Gasteiger partial charge in [-0.25, -0.2) is 9.59 Å². The molecule has 2 aromatic carbocycles. The molecule has 0 fully saturated rings. The molecule has 2 heterocycles. The third-order valence-electron chi connectivity index (χ3n) is 5.21. The van der Waals surface area contributed by atoms with E-state index in [4.69, 9.17) is 14.2 Å². The van der Waals surface area contributed by atoms with Gasteiger partial charge in [-0.15, -0.1) is 0 Å². The number of hydrogen-bond acceptors (Lipinski definition) is 6. The van der Waals surface area contributed by atoms with Gasteiger partial charge in [-0.2, -0.15) is 0 Å². The van der Waals surface area contributed by atoms with Gasteiger partial charge < -0.3 is 24.8 Å². The first-order chi connectivity index (χ1) is 15.5. The van der Waals surface area contributed by atoms with Crippen molar-refractivity contribution in [3.63, 3.8) is 0 Å². The van der Waals surface area contributed by atoms with E-state index < -0.39 is 23.9 Å². The molecule has 1 atom stereocenters. The Kier molecular flexibility index (Phi) is 5.98. The standard InChI is InChI=1S/C23H23N3O6/c1-3-31-17-10-6-4-8-14(17)21-20-16(13-32-22(20)28)26(23(29)25-21)12-19(27)24-15-9-5-7-11-18(15)30-2/h4-11,21H,3,12-13H2,1-2H3,(H,24,27)(H,25,29). The molecule has 3 amide bonds. The van der Waals surface area contributed by atoms with E-state index in [1.54, 1.807) is 42.5 Å². The van der Waals surface area contributed by atoms with Gasteiger partial charge in [-0.1, -0.05) is 30.3 Å². The Balaban J connectivity index is 1.62. The minimum Gasteiger partial charge on any atom is -0.495 e. The summed E-state index contributed by atoms with van der Waals surface area (Å²) >= 11 is 0. The van der Waals surface area contributed by atoms with E-state index in [1.807, 2.05) is 13.0 Å². The minimum absolute atomic E-state index is 0.0865. The number of amides is 3. The number of carbonyl (C=O) groups excluding carboxylic acids is 3. The molecule has 0 saturated heterocycles. The zero-order valence-corrected chi connectivity index (χ0v) is 17.7. The lowest BCUT2D eigenvalue weighted by atomic mass is 9.95. The van der Waals surface area contributed by atoms with Gasteiger partial charge in [-0.05, 0) is 25.1 Å². The average Bonchev–Trinajstić information content (AvgIpc) is 3.18. The quantitative estimate of drug-likeness (QED) is 0.645. The zero-order valence-electron chi connectivity index (χ0n) is 17.7. The predicted molar refractivity (Wildman–Crippen MR) is 115 cm³/mol. The Labute approximate surface area is 184 Å². The molecular formula is C23H23N3O6. The van der Waals surface area contributed by atoms with Crippen molar-refractivity contribution >= 4 is 23.6 Å². The third kappa shape index (κ3) is 3.96. The molecule has 1 unspecified atom stereocenters. The van der Waals surface area contributed by atoms with Crippen molar-refractivity contribution in [1.82, 2.24) is 10.2 Å². The Morgan fingerprint density at radius 3 is 2.62 bits per heavy atom. The van der Waals surface area contributed by atoms with Crippen LogP contribution >= 0.6 is 0 Å². The lowest BCUT2D eigenvalue weighted by Gasteiger charge is -2.33. The smallest absolute Gasteiger partial charge is 0.338 e. The molecule has 2 aliphatic heterocycles. The summed E-state index contributed by atoms with van der Waals surface area (Å²) in [5.74, 6) is 0.0838. The summed E-state index contributed by atoms with van der Waals surface area (Å²) in [5, 5.41) is 5.55. The number of anilines is 1. The van der Waals surface area contributed by atoms with Gasteiger partial charge in [0.25, 0.3) is 0 Å². The van der Waals surface area contributed by atoms with Crippen molar-refractivity contribution in [3.05, 3.63) is 65.4 Å². The van der Waals surface area contributed by atoms with Gasteiger partial charge in [0.15, 0.2) is 0 Å². The summed E-state index contributed by atoms with van der Waals surface area (Å²) in [6, 6.07) is 12.9. The number of esters is 1. The lowest BCUT2D eigenvalue weighted by molar-refractivity contribution is -0.136. The lowest BCUT2D eigenvalue weighted by Crippen LogP contribution is -2.49. The second kappa shape index (κ2) is 9.01. The Morgan fingerprint density at radius 2 is 1.88 bits per heavy atom. The fraction of sp³-hybridized carbons (Fsp3) is 0.261. The molecule has 2 N–H and O–H groups in total. The van der Waals surface area contributed by atoms with Crippen molar-refractivity contribution in [1.29, 1.82) is 0 Å². The van der Waals surface area contributed by atoms with E-state index in [1.165, 1.54) is 12.0 Å². The topological polar surface area (TPSA) is 106 Å². The van der Waals surface area contributed by atoms with Crippen LogP contribution in [0.5, 0.6) is 11.5 Å². The first-order valence-electron chi connectivity index (χ1n) is 10.2. The van der Waals surface area contributed by atoms with Crippen LogP contribution in [0.15, 0.2) is 59.8 Å². The molecule has 2 aliphatic rings. The normalized spacial score (nSPS) is 17.4. The summed E-state index contributed by atoms with van der Waals surface area (Å²) < 4.78 is 16.1. The fourth-order valence-electron chi connectivity index (χ4n) is 3.80. The summed E-state index contributed by atoms with van der Waals surface area (Å²) in [4.78, 5) is 39.5. The average molecular weight is 437 g/mol. The van der Waals surface area contributed by atoms with Crippen molar-refractivity contribution in [2.24, 2.45) is 0 Å². The van der Waals surface area contributed by atoms with Crippen LogP contribution in [0.4, 0.5) is 10.5 Å². The van der Waals surface area contributed by atoms with Crippen LogP contribution in [0.3, 0.4) is 0 Å². The largest absolute Gasteiger partial charge is 0.495 e. The van der Waals surface area contributed by atoms with Crippen LogP contribution in [-0.4, -0.2) is 49.7 Å². The van der Waals surface area contributed by atoms with Crippen molar-refractivity contribution in [3.8, 4) is 11.5 Å². The minimum atomic E-state index is -0.733. The number of carbonyl (C=O) groups is 3. The maximum absolute atomic E-state index is 13.0. The first-order valence-corrected chi connectivity index (χ1v) is 10.2. The number of urea groups is 1. The molecule has 0 bridgehead atoms. The van der Waals surface area contributed by atoms with E-state index in [9.17, 15) is 14.4 Å². The van der Waals surface area contributed by atoms with Crippen LogP contribution in [0.25, 0.3) is 0 Å². The third-order valence-corrected chi connectivity index (χ3v) is 5.21. The molecule has 32 heavy (non-hydrogen) atoms. The number of methoxy groups -OCH3 is 1. The molecule has 0 aliphatic carbocycles. The van der Waals surface area contributed by atoms with E-state index >= 15 is 0 Å². The molecule has 0 spiro atoms. The highest BCUT2D eigenvalue weighted by molar-refractivity contribution is 6.00. The predicted octanol–water partition coefficient (Wildman–Crippen LogP) is 2.61. The highest BCUT2D eigenvalue weighted by Crippen LogP contribution is 2.38. The van der Waals surface area contributed by atoms with E-state index in [2.05, 4.69) is 10.6 Å². The summed E-state index contributed by atoms with van der Waals surface area (Å²) in [5.41, 5.74) is 1.79. The van der Waals surface area contributed by atoms with Crippen LogP contribution in [0.1, 0.15) is 18.5 Å². The monoisotopic (exact) mass is 437 g/mol. The van der Waals surface area contributed by atoms with Gasteiger partial charge in [-0.3, -0.25) is 9.69 Å². The van der Waals surface area contributed by atoms with Gasteiger partial charge in [0.05, 0.1) is 36.7 Å². The summed E-state index contributed by atoms with van der Waals surface area (Å²) in [6.07, 6.45) is 0. The fourth-order valence-corrected chi connectivity index (χ4v) is 3.80. The van der Waals surface area contributed by atoms with Crippen LogP contribution < -0.4 is 20.1 Å². The summed E-state index contributed by atoms with van der Waals surface area (Å²) in [6.45, 7) is 1.91. The van der Waals surface area contributed by atoms with Crippen LogP contribution in [0, 0.1) is 0 Å². The molecule has 0 saturated carbocycles. The number of para-hydroxylation sites is 3. The Morgan fingerprint density at radius 1 is 1.16 bits per heavy atom. The molecule has 166 valence electrons. The highest BCUT2D eigenvalue weighted by Gasteiger charge is 2.43. The molecule has 0 aromatic heterocycles. The van der Waals surface area contributed by atoms with Crippen LogP contribution in [0.2, 0.25) is 0 Å². The summed E-state index contributed by atoms with van der Waals surface area (Å²) in [7, 11) is 1.50. The van der Waals surface area contributed by atoms with Crippen molar-refractivity contribution in [2.75, 3.05) is 32.2 Å². The number of benzene rings is 2. The first kappa shape index (κ1) is 21.2. The molecular weight excluding hydrogens is 414 g/mol. The second-order valence-electron chi connectivity index (χ2n) is 7.12. The van der Waals surface area contributed by atoms with Gasteiger partial charge in [0, 0.05) is 5.56 Å². The SMILES string of the molecule is CCOc1ccccc1C1NC(=O)N(CC(=O)Nc2ccccc2OC)C2=C1C(=O)OC2. The molecule has 9 heteroatoms. The van der Waals surface area contributed by atoms with E-state index in [0.717, 1.165) is 0 Å². The Bertz CT molecular complexity index is 1100. The van der Waals surface area contributed by atoms with Gasteiger partial charge in [0.2, 0.25) is 5.91 Å². The number of nitrogens with one attached hydrogen (secondary N) is 2. The molecule has 2 aromatic rings. The number of nitrogens with zero attached hydrogens (tertiary/aromatic N) is 1. The van der Waals surface area contributed by atoms with Crippen molar-refractivity contribution < 1.29 is 28.6 Å². The molecule has 9 nitrogen and oxygen atoms in total. The number of ether oxygens (including phenoxy) is 3. The van der Waals surface area contributed by atoms with Crippen molar-refractivity contribution in [2.45, 2.75) is 13.0 Å². The maximum atomic E-state index is 13.0. The molecule has 0 radical (unpaired) electrons. The Hall–Kier alpha value is -4.01.